The summed E-state index contributed by atoms with van der Waals surface area (Å²) in [4.78, 5) is 0. The summed E-state index contributed by atoms with van der Waals surface area (Å²) in [6.07, 6.45) is 6.83. The van der Waals surface area contributed by atoms with Gasteiger partial charge < -0.3 is 4.74 Å². The van der Waals surface area contributed by atoms with Gasteiger partial charge in [-0.2, -0.15) is 4.39 Å². The molecule has 1 aliphatic rings. The van der Waals surface area contributed by atoms with Crippen LogP contribution in [0.3, 0.4) is 0 Å². The summed E-state index contributed by atoms with van der Waals surface area (Å²) in [7, 11) is 0. The van der Waals surface area contributed by atoms with Gasteiger partial charge in [0.25, 0.3) is 0 Å². The van der Waals surface area contributed by atoms with E-state index in [2.05, 4.69) is 6.92 Å². The standard InChI is InChI=1S/C28H27F5O/c1-2-3-17-4-6-18(7-5-17)16-34-25-13-12-22(26(31)28(25)33)20-10-8-19(9-11-20)21-14-23(29)27(32)24(30)15-21/h8-15,17-18H,2-7,16H2,1H3. The zero-order valence-electron chi connectivity index (χ0n) is 19.0. The zero-order chi connectivity index (χ0) is 24.2. The van der Waals surface area contributed by atoms with Crippen molar-refractivity contribution in [3.63, 3.8) is 0 Å². The van der Waals surface area contributed by atoms with Crippen LogP contribution in [-0.2, 0) is 0 Å². The Morgan fingerprint density at radius 2 is 1.26 bits per heavy atom. The van der Waals surface area contributed by atoms with E-state index >= 15 is 0 Å². The van der Waals surface area contributed by atoms with Crippen LogP contribution in [0.15, 0.2) is 48.5 Å². The molecule has 4 rings (SSSR count). The lowest BCUT2D eigenvalue weighted by Crippen LogP contribution is -2.20. The van der Waals surface area contributed by atoms with Crippen LogP contribution < -0.4 is 4.74 Å². The summed E-state index contributed by atoms with van der Waals surface area (Å²) in [5.41, 5.74) is 0.995. The van der Waals surface area contributed by atoms with Crippen LogP contribution in [0.2, 0.25) is 0 Å². The van der Waals surface area contributed by atoms with Gasteiger partial charge in [0.15, 0.2) is 29.0 Å². The lowest BCUT2D eigenvalue weighted by Gasteiger charge is -2.28. The molecule has 0 atom stereocenters. The molecule has 0 unspecified atom stereocenters. The van der Waals surface area contributed by atoms with E-state index in [9.17, 15) is 22.0 Å². The minimum atomic E-state index is -1.54. The maximum atomic E-state index is 14.8. The van der Waals surface area contributed by atoms with Gasteiger partial charge in [-0.25, -0.2) is 17.6 Å². The van der Waals surface area contributed by atoms with Gasteiger partial charge in [0.1, 0.15) is 0 Å². The molecule has 1 nitrogen and oxygen atoms in total. The molecule has 0 saturated heterocycles. The van der Waals surface area contributed by atoms with Crippen molar-refractivity contribution in [2.45, 2.75) is 45.4 Å². The van der Waals surface area contributed by atoms with Crippen LogP contribution in [0, 0.1) is 40.9 Å². The van der Waals surface area contributed by atoms with E-state index in [0.29, 0.717) is 23.7 Å². The molecular weight excluding hydrogens is 447 g/mol. The third kappa shape index (κ3) is 5.26. The van der Waals surface area contributed by atoms with Gasteiger partial charge in [0.2, 0.25) is 5.82 Å². The summed E-state index contributed by atoms with van der Waals surface area (Å²) in [6, 6.07) is 10.7. The lowest BCUT2D eigenvalue weighted by molar-refractivity contribution is 0.173. The molecule has 0 aliphatic heterocycles. The largest absolute Gasteiger partial charge is 0.490 e. The molecule has 0 bridgehead atoms. The summed E-state index contributed by atoms with van der Waals surface area (Å²) >= 11 is 0. The fourth-order valence-corrected chi connectivity index (χ4v) is 4.73. The number of hydrogen-bond acceptors (Lipinski definition) is 1. The molecular formula is C28H27F5O. The Labute approximate surface area is 196 Å². The highest BCUT2D eigenvalue weighted by Crippen LogP contribution is 2.34. The molecule has 0 radical (unpaired) electrons. The topological polar surface area (TPSA) is 9.23 Å². The maximum absolute atomic E-state index is 14.8. The van der Waals surface area contributed by atoms with Gasteiger partial charge in [0.05, 0.1) is 6.61 Å². The smallest absolute Gasteiger partial charge is 0.201 e. The molecule has 0 N–H and O–H groups in total. The van der Waals surface area contributed by atoms with E-state index in [4.69, 9.17) is 4.74 Å². The maximum Gasteiger partial charge on any atom is 0.201 e. The Balaban J connectivity index is 1.45. The number of rotatable bonds is 7. The van der Waals surface area contributed by atoms with E-state index in [1.807, 2.05) is 0 Å². The number of hydrogen-bond donors (Lipinski definition) is 0. The first-order chi connectivity index (χ1) is 16.4. The van der Waals surface area contributed by atoms with Crippen molar-refractivity contribution >= 4 is 0 Å². The molecule has 3 aromatic rings. The minimum absolute atomic E-state index is 0.0490. The van der Waals surface area contributed by atoms with Gasteiger partial charge in [-0.15, -0.1) is 0 Å². The van der Waals surface area contributed by atoms with Crippen molar-refractivity contribution in [2.75, 3.05) is 6.61 Å². The van der Waals surface area contributed by atoms with Crippen LogP contribution in [-0.4, -0.2) is 6.61 Å². The molecule has 1 aliphatic carbocycles. The third-order valence-electron chi connectivity index (χ3n) is 6.70. The van der Waals surface area contributed by atoms with Gasteiger partial charge in [-0.1, -0.05) is 56.9 Å². The third-order valence-corrected chi connectivity index (χ3v) is 6.70. The monoisotopic (exact) mass is 474 g/mol. The van der Waals surface area contributed by atoms with Gasteiger partial charge in [0, 0.05) is 5.56 Å². The Morgan fingerprint density at radius 1 is 0.676 bits per heavy atom. The summed E-state index contributed by atoms with van der Waals surface area (Å²) < 4.78 is 75.4. The van der Waals surface area contributed by atoms with Gasteiger partial charge in [-0.05, 0) is 65.6 Å². The fourth-order valence-electron chi connectivity index (χ4n) is 4.73. The quantitative estimate of drug-likeness (QED) is 0.246. The Kier molecular flexibility index (Phi) is 7.54. The molecule has 0 heterocycles. The van der Waals surface area contributed by atoms with E-state index in [0.717, 1.165) is 43.7 Å². The first-order valence-corrected chi connectivity index (χ1v) is 11.7. The van der Waals surface area contributed by atoms with Crippen LogP contribution in [0.5, 0.6) is 5.75 Å². The molecule has 0 amide bonds. The van der Waals surface area contributed by atoms with E-state index in [1.54, 1.807) is 0 Å². The van der Waals surface area contributed by atoms with Crippen molar-refractivity contribution in [1.82, 2.24) is 0 Å². The SMILES string of the molecule is CCCC1CCC(COc2ccc(-c3ccc(-c4cc(F)c(F)c(F)c4)cc3)c(F)c2F)CC1. The van der Waals surface area contributed by atoms with Gasteiger partial charge >= 0.3 is 0 Å². The van der Waals surface area contributed by atoms with Crippen LogP contribution in [0.25, 0.3) is 22.3 Å². The molecule has 0 aromatic heterocycles. The molecule has 0 spiro atoms. The average molecular weight is 475 g/mol. The number of ether oxygens (including phenoxy) is 1. The van der Waals surface area contributed by atoms with Crippen molar-refractivity contribution in [3.05, 3.63) is 77.6 Å². The Morgan fingerprint density at radius 3 is 1.88 bits per heavy atom. The average Bonchev–Trinajstić information content (AvgIpc) is 2.84. The molecule has 180 valence electrons. The Hall–Kier alpha value is -2.89. The number of benzene rings is 3. The molecule has 34 heavy (non-hydrogen) atoms. The first-order valence-electron chi connectivity index (χ1n) is 11.7. The summed E-state index contributed by atoms with van der Waals surface area (Å²) in [6.45, 7) is 2.56. The molecule has 6 heteroatoms. The molecule has 1 fully saturated rings. The lowest BCUT2D eigenvalue weighted by atomic mass is 9.80. The predicted molar refractivity (Wildman–Crippen MR) is 123 cm³/mol. The second-order valence-electron chi connectivity index (χ2n) is 9.06. The van der Waals surface area contributed by atoms with Crippen molar-refractivity contribution < 1.29 is 26.7 Å². The van der Waals surface area contributed by atoms with E-state index in [-0.39, 0.29) is 16.9 Å². The van der Waals surface area contributed by atoms with E-state index in [1.165, 1.54) is 49.2 Å². The van der Waals surface area contributed by atoms with E-state index < -0.39 is 29.1 Å². The van der Waals surface area contributed by atoms with Crippen LogP contribution >= 0.6 is 0 Å². The highest BCUT2D eigenvalue weighted by Gasteiger charge is 2.22. The fraction of sp³-hybridized carbons (Fsp3) is 0.357. The van der Waals surface area contributed by atoms with Crippen molar-refractivity contribution in [3.8, 4) is 28.0 Å². The molecule has 3 aromatic carbocycles. The van der Waals surface area contributed by atoms with Crippen LogP contribution in [0.1, 0.15) is 45.4 Å². The Bertz CT molecular complexity index is 1110. The van der Waals surface area contributed by atoms with Crippen LogP contribution in [0.4, 0.5) is 22.0 Å². The van der Waals surface area contributed by atoms with Gasteiger partial charge in [-0.3, -0.25) is 0 Å². The molecule has 1 saturated carbocycles. The number of halogens is 5. The summed E-state index contributed by atoms with van der Waals surface area (Å²) in [5.74, 6) is -5.17. The summed E-state index contributed by atoms with van der Waals surface area (Å²) in [5, 5.41) is 0. The highest BCUT2D eigenvalue weighted by atomic mass is 19.2. The van der Waals surface area contributed by atoms with Crippen molar-refractivity contribution in [1.29, 1.82) is 0 Å². The first kappa shape index (κ1) is 24.2. The second kappa shape index (κ2) is 10.6. The normalized spacial score (nSPS) is 18.2. The minimum Gasteiger partial charge on any atom is -0.490 e. The zero-order valence-corrected chi connectivity index (χ0v) is 19.0. The second-order valence-corrected chi connectivity index (χ2v) is 9.06. The van der Waals surface area contributed by atoms with Crippen molar-refractivity contribution in [2.24, 2.45) is 11.8 Å². The highest BCUT2D eigenvalue weighted by molar-refractivity contribution is 5.71. The predicted octanol–water partition coefficient (Wildman–Crippen LogP) is 8.70.